The Morgan fingerprint density at radius 1 is 1.12 bits per heavy atom. The Balaban J connectivity index is 2.11. The molecule has 0 atom stereocenters. The molecule has 82 valence electrons. The average molecular weight is 328 g/mol. The SMILES string of the molecule is OCc1cnc(Oc2ccc(I)cc2)nc1. The van der Waals surface area contributed by atoms with Gasteiger partial charge in [0.25, 0.3) is 0 Å². The molecular weight excluding hydrogens is 319 g/mol. The van der Waals surface area contributed by atoms with E-state index < -0.39 is 0 Å². The molecule has 0 aliphatic rings. The lowest BCUT2D eigenvalue weighted by atomic mass is 10.3. The number of ether oxygens (including phenoxy) is 1. The van der Waals surface area contributed by atoms with Crippen LogP contribution in [-0.4, -0.2) is 15.1 Å². The molecule has 2 aromatic rings. The zero-order valence-electron chi connectivity index (χ0n) is 8.30. The van der Waals surface area contributed by atoms with Crippen molar-refractivity contribution in [2.75, 3.05) is 0 Å². The van der Waals surface area contributed by atoms with Crippen molar-refractivity contribution in [1.82, 2.24) is 9.97 Å². The quantitative estimate of drug-likeness (QED) is 0.879. The van der Waals surface area contributed by atoms with Crippen molar-refractivity contribution in [2.24, 2.45) is 0 Å². The predicted molar refractivity (Wildman–Crippen MR) is 67.2 cm³/mol. The van der Waals surface area contributed by atoms with Crippen LogP contribution in [0.5, 0.6) is 11.8 Å². The van der Waals surface area contributed by atoms with Crippen LogP contribution in [0.3, 0.4) is 0 Å². The van der Waals surface area contributed by atoms with Gasteiger partial charge in [-0.25, -0.2) is 9.97 Å². The summed E-state index contributed by atoms with van der Waals surface area (Å²) in [4.78, 5) is 7.94. The van der Waals surface area contributed by atoms with Gasteiger partial charge in [-0.1, -0.05) is 0 Å². The summed E-state index contributed by atoms with van der Waals surface area (Å²) in [5.41, 5.74) is 0.662. The molecule has 0 aliphatic heterocycles. The van der Waals surface area contributed by atoms with Gasteiger partial charge in [0, 0.05) is 21.5 Å². The van der Waals surface area contributed by atoms with Crippen molar-refractivity contribution in [2.45, 2.75) is 6.61 Å². The molecule has 0 saturated carbocycles. The molecule has 1 aromatic heterocycles. The van der Waals surface area contributed by atoms with Crippen LogP contribution in [0.4, 0.5) is 0 Å². The van der Waals surface area contributed by atoms with E-state index in [2.05, 4.69) is 32.6 Å². The van der Waals surface area contributed by atoms with E-state index in [1.54, 1.807) is 0 Å². The highest BCUT2D eigenvalue weighted by Gasteiger charge is 2.00. The number of aliphatic hydroxyl groups excluding tert-OH is 1. The summed E-state index contributed by atoms with van der Waals surface area (Å²) in [6, 6.07) is 7.87. The maximum absolute atomic E-state index is 8.83. The molecule has 0 amide bonds. The van der Waals surface area contributed by atoms with E-state index in [4.69, 9.17) is 9.84 Å². The third kappa shape index (κ3) is 2.89. The number of aliphatic hydroxyl groups is 1. The van der Waals surface area contributed by atoms with Crippen LogP contribution in [-0.2, 0) is 6.61 Å². The minimum atomic E-state index is -0.0657. The van der Waals surface area contributed by atoms with Gasteiger partial charge in [-0.3, -0.25) is 0 Å². The fraction of sp³-hybridized carbons (Fsp3) is 0.0909. The molecule has 0 unspecified atom stereocenters. The van der Waals surface area contributed by atoms with Crippen molar-refractivity contribution in [3.05, 3.63) is 45.8 Å². The van der Waals surface area contributed by atoms with E-state index in [0.717, 1.165) is 3.57 Å². The smallest absolute Gasteiger partial charge is 0.321 e. The Hall–Kier alpha value is -1.21. The fourth-order valence-electron chi connectivity index (χ4n) is 1.09. The van der Waals surface area contributed by atoms with Crippen LogP contribution in [0.25, 0.3) is 0 Å². The maximum Gasteiger partial charge on any atom is 0.321 e. The Morgan fingerprint density at radius 3 is 2.31 bits per heavy atom. The number of hydrogen-bond donors (Lipinski definition) is 1. The number of nitrogens with zero attached hydrogens (tertiary/aromatic N) is 2. The summed E-state index contributed by atoms with van der Waals surface area (Å²) < 4.78 is 6.57. The van der Waals surface area contributed by atoms with Crippen molar-refractivity contribution >= 4 is 22.6 Å². The molecular formula is C11H9IN2O2. The average Bonchev–Trinajstić information content (AvgIpc) is 2.33. The Kier molecular flexibility index (Phi) is 3.68. The van der Waals surface area contributed by atoms with Crippen LogP contribution in [0.2, 0.25) is 0 Å². The second-order valence-corrected chi connectivity index (χ2v) is 4.33. The second kappa shape index (κ2) is 5.22. The van der Waals surface area contributed by atoms with Crippen molar-refractivity contribution in [3.8, 4) is 11.8 Å². The van der Waals surface area contributed by atoms with Gasteiger partial charge in [-0.15, -0.1) is 0 Å². The molecule has 0 radical (unpaired) electrons. The molecule has 0 bridgehead atoms. The summed E-state index contributed by atoms with van der Waals surface area (Å²) in [5, 5.41) is 8.83. The van der Waals surface area contributed by atoms with Crippen LogP contribution in [0, 0.1) is 3.57 Å². The molecule has 2 rings (SSSR count). The van der Waals surface area contributed by atoms with Crippen LogP contribution >= 0.6 is 22.6 Å². The monoisotopic (exact) mass is 328 g/mol. The first-order chi connectivity index (χ1) is 7.78. The van der Waals surface area contributed by atoms with Crippen LogP contribution in [0.15, 0.2) is 36.7 Å². The number of benzene rings is 1. The van der Waals surface area contributed by atoms with Gasteiger partial charge in [0.05, 0.1) is 6.61 Å². The largest absolute Gasteiger partial charge is 0.424 e. The molecule has 16 heavy (non-hydrogen) atoms. The maximum atomic E-state index is 8.83. The molecule has 0 spiro atoms. The van der Waals surface area contributed by atoms with Gasteiger partial charge in [0.15, 0.2) is 0 Å². The second-order valence-electron chi connectivity index (χ2n) is 3.09. The first kappa shape index (κ1) is 11.3. The Bertz CT molecular complexity index is 456. The molecule has 1 aromatic carbocycles. The summed E-state index contributed by atoms with van der Waals surface area (Å²) in [6.07, 6.45) is 3.07. The molecule has 4 nitrogen and oxygen atoms in total. The van der Waals surface area contributed by atoms with Crippen molar-refractivity contribution in [3.63, 3.8) is 0 Å². The molecule has 0 saturated heterocycles. The van der Waals surface area contributed by atoms with Gasteiger partial charge in [0.1, 0.15) is 5.75 Å². The highest BCUT2D eigenvalue weighted by molar-refractivity contribution is 14.1. The third-order valence-electron chi connectivity index (χ3n) is 1.89. The normalized spacial score (nSPS) is 10.1. The van der Waals surface area contributed by atoms with Crippen molar-refractivity contribution < 1.29 is 9.84 Å². The van der Waals surface area contributed by atoms with Gasteiger partial charge >= 0.3 is 6.01 Å². The zero-order valence-corrected chi connectivity index (χ0v) is 10.5. The van der Waals surface area contributed by atoms with E-state index >= 15 is 0 Å². The van der Waals surface area contributed by atoms with E-state index in [9.17, 15) is 0 Å². The predicted octanol–water partition coefficient (Wildman–Crippen LogP) is 2.37. The van der Waals surface area contributed by atoms with Gasteiger partial charge in [-0.05, 0) is 46.9 Å². The third-order valence-corrected chi connectivity index (χ3v) is 2.61. The molecule has 0 aliphatic carbocycles. The van der Waals surface area contributed by atoms with E-state index in [-0.39, 0.29) is 12.6 Å². The van der Waals surface area contributed by atoms with Gasteiger partial charge in [-0.2, -0.15) is 0 Å². The van der Waals surface area contributed by atoms with Crippen molar-refractivity contribution in [1.29, 1.82) is 0 Å². The Labute approximate surface area is 106 Å². The minimum Gasteiger partial charge on any atom is -0.424 e. The molecule has 0 fully saturated rings. The van der Waals surface area contributed by atoms with Gasteiger partial charge in [0.2, 0.25) is 0 Å². The van der Waals surface area contributed by atoms with Gasteiger partial charge < -0.3 is 9.84 Å². The van der Waals surface area contributed by atoms with E-state index in [0.29, 0.717) is 11.3 Å². The Morgan fingerprint density at radius 2 is 1.75 bits per heavy atom. The summed E-state index contributed by atoms with van der Waals surface area (Å²) >= 11 is 2.22. The fourth-order valence-corrected chi connectivity index (χ4v) is 1.44. The lowest BCUT2D eigenvalue weighted by Crippen LogP contribution is -1.93. The first-order valence-electron chi connectivity index (χ1n) is 4.63. The zero-order chi connectivity index (χ0) is 11.4. The molecule has 5 heteroatoms. The summed E-state index contributed by atoms with van der Waals surface area (Å²) in [7, 11) is 0. The molecule has 1 heterocycles. The van der Waals surface area contributed by atoms with E-state index in [1.165, 1.54) is 12.4 Å². The minimum absolute atomic E-state index is 0.0657. The number of halogens is 1. The van der Waals surface area contributed by atoms with E-state index in [1.807, 2.05) is 24.3 Å². The highest BCUT2D eigenvalue weighted by Crippen LogP contribution is 2.18. The number of aromatic nitrogens is 2. The summed E-state index contributed by atoms with van der Waals surface area (Å²) in [5.74, 6) is 0.692. The highest BCUT2D eigenvalue weighted by atomic mass is 127. The molecule has 1 N–H and O–H groups in total. The topological polar surface area (TPSA) is 55.2 Å². The summed E-state index contributed by atoms with van der Waals surface area (Å²) in [6.45, 7) is -0.0657. The van der Waals surface area contributed by atoms with Crippen LogP contribution < -0.4 is 4.74 Å². The first-order valence-corrected chi connectivity index (χ1v) is 5.71. The lowest BCUT2D eigenvalue weighted by molar-refractivity contribution is 0.280. The lowest BCUT2D eigenvalue weighted by Gasteiger charge is -2.03. The number of hydrogen-bond acceptors (Lipinski definition) is 4. The standard InChI is InChI=1S/C11H9IN2O2/c12-9-1-3-10(4-2-9)16-11-13-5-8(7-15)6-14-11/h1-6,15H,7H2. The van der Waals surface area contributed by atoms with Crippen LogP contribution in [0.1, 0.15) is 5.56 Å². The number of rotatable bonds is 3.